The van der Waals surface area contributed by atoms with Crippen molar-refractivity contribution >= 4 is 28.3 Å². The topological polar surface area (TPSA) is 102 Å². The lowest BCUT2D eigenvalue weighted by Crippen LogP contribution is -2.29. The van der Waals surface area contributed by atoms with Crippen molar-refractivity contribution < 1.29 is 18.0 Å². The van der Waals surface area contributed by atoms with Crippen molar-refractivity contribution in [3.8, 4) is 11.3 Å². The first-order chi connectivity index (χ1) is 18.2. The summed E-state index contributed by atoms with van der Waals surface area (Å²) in [6, 6.07) is 11.3. The fraction of sp³-hybridized carbons (Fsp3) is 0.259. The van der Waals surface area contributed by atoms with Gasteiger partial charge in [0.2, 0.25) is 5.91 Å². The van der Waals surface area contributed by atoms with Crippen LogP contribution in [0.25, 0.3) is 27.9 Å². The van der Waals surface area contributed by atoms with Crippen LogP contribution in [0.5, 0.6) is 0 Å². The first-order valence-electron chi connectivity index (χ1n) is 12.0. The molecular formula is C27H26F3N7O. The van der Waals surface area contributed by atoms with Gasteiger partial charge in [0, 0.05) is 62.1 Å². The number of rotatable bonds is 6. The molecule has 3 N–H and O–H groups in total. The largest absolute Gasteiger partial charge is 0.417 e. The Morgan fingerprint density at radius 1 is 1.11 bits per heavy atom. The van der Waals surface area contributed by atoms with Crippen LogP contribution in [0.1, 0.15) is 33.6 Å². The lowest BCUT2D eigenvalue weighted by Gasteiger charge is -2.27. The van der Waals surface area contributed by atoms with Gasteiger partial charge in [-0.05, 0) is 54.0 Å². The number of anilines is 1. The number of hydrogen-bond donors (Lipinski definition) is 2. The van der Waals surface area contributed by atoms with Crippen LogP contribution in [0.2, 0.25) is 0 Å². The van der Waals surface area contributed by atoms with E-state index >= 15 is 0 Å². The van der Waals surface area contributed by atoms with Crippen molar-refractivity contribution in [1.29, 1.82) is 0 Å². The molecule has 8 nitrogen and oxygen atoms in total. The Labute approximate surface area is 217 Å². The number of aryl methyl sites for hydroxylation is 1. The van der Waals surface area contributed by atoms with Crippen molar-refractivity contribution in [3.63, 3.8) is 0 Å². The third-order valence-electron chi connectivity index (χ3n) is 6.86. The van der Waals surface area contributed by atoms with Crippen LogP contribution in [0.3, 0.4) is 0 Å². The Balaban J connectivity index is 1.39. The van der Waals surface area contributed by atoms with E-state index in [1.54, 1.807) is 13.2 Å². The molecule has 1 aromatic carbocycles. The minimum absolute atomic E-state index is 0.0889. The second-order valence-corrected chi connectivity index (χ2v) is 9.18. The van der Waals surface area contributed by atoms with E-state index in [0.29, 0.717) is 37.4 Å². The number of aromatic nitrogens is 4. The van der Waals surface area contributed by atoms with Crippen molar-refractivity contribution in [2.24, 2.45) is 12.8 Å². The Morgan fingerprint density at radius 2 is 1.92 bits per heavy atom. The minimum atomic E-state index is -4.59. The molecule has 5 rings (SSSR count). The Hall–Kier alpha value is -4.25. The molecule has 1 amide bonds. The molecule has 3 aromatic heterocycles. The highest BCUT2D eigenvalue weighted by molar-refractivity contribution is 5.94. The summed E-state index contributed by atoms with van der Waals surface area (Å²) < 4.78 is 43.2. The molecule has 0 bridgehead atoms. The number of amides is 1. The van der Waals surface area contributed by atoms with Crippen LogP contribution < -0.4 is 11.1 Å². The molecule has 0 unspecified atom stereocenters. The molecule has 0 aliphatic carbocycles. The number of nitrogens with one attached hydrogen (secondary N) is 1. The maximum atomic E-state index is 13.7. The number of hydrogen-bond acceptors (Lipinski definition) is 6. The summed E-state index contributed by atoms with van der Waals surface area (Å²) in [5, 5.41) is 12.4. The first kappa shape index (κ1) is 25.4. The molecule has 0 atom stereocenters. The summed E-state index contributed by atoms with van der Waals surface area (Å²) in [6.07, 6.45) is -0.583. The van der Waals surface area contributed by atoms with Gasteiger partial charge in [-0.25, -0.2) is 4.98 Å². The van der Waals surface area contributed by atoms with Gasteiger partial charge < -0.3 is 15.6 Å². The SMILES string of the molecule is CNc1ccc(-c2ccnc3c2cc(CN2CC=C(c4ccc(C(N)=O)cc4C(F)(F)F)CC2)n3C)nn1. The number of halogens is 3. The highest BCUT2D eigenvalue weighted by Crippen LogP contribution is 2.37. The predicted molar refractivity (Wildman–Crippen MR) is 139 cm³/mol. The highest BCUT2D eigenvalue weighted by Gasteiger charge is 2.35. The number of pyridine rings is 1. The molecule has 1 aliphatic rings. The third-order valence-corrected chi connectivity index (χ3v) is 6.86. The fourth-order valence-electron chi connectivity index (χ4n) is 4.80. The Morgan fingerprint density at radius 3 is 2.55 bits per heavy atom. The molecule has 0 saturated carbocycles. The van der Waals surface area contributed by atoms with E-state index in [0.717, 1.165) is 34.1 Å². The average Bonchev–Trinajstić information content (AvgIpc) is 3.23. The van der Waals surface area contributed by atoms with Crippen LogP contribution in [-0.2, 0) is 19.8 Å². The average molecular weight is 522 g/mol. The molecule has 0 saturated heterocycles. The summed E-state index contributed by atoms with van der Waals surface area (Å²) in [5.41, 5.74) is 8.39. The Kier molecular flexibility index (Phi) is 6.62. The fourth-order valence-corrected chi connectivity index (χ4v) is 4.80. The number of fused-ring (bicyclic) bond motifs is 1. The van der Waals surface area contributed by atoms with E-state index in [9.17, 15) is 18.0 Å². The molecular weight excluding hydrogens is 495 g/mol. The maximum absolute atomic E-state index is 13.7. The Bertz CT molecular complexity index is 1540. The number of alkyl halides is 3. The van der Waals surface area contributed by atoms with Crippen LogP contribution in [-0.4, -0.2) is 50.7 Å². The van der Waals surface area contributed by atoms with Crippen LogP contribution in [0.4, 0.5) is 19.0 Å². The van der Waals surface area contributed by atoms with E-state index in [1.807, 2.05) is 35.9 Å². The van der Waals surface area contributed by atoms with Gasteiger partial charge in [-0.3, -0.25) is 9.69 Å². The number of nitrogens with zero attached hydrogens (tertiary/aromatic N) is 5. The monoisotopic (exact) mass is 521 g/mol. The normalized spacial score (nSPS) is 14.5. The number of carbonyl (C=O) groups excluding carboxylic acids is 1. The molecule has 11 heteroatoms. The molecule has 0 fully saturated rings. The first-order valence-corrected chi connectivity index (χ1v) is 12.0. The summed E-state index contributed by atoms with van der Waals surface area (Å²) in [5.74, 6) is -0.211. The molecule has 0 spiro atoms. The van der Waals surface area contributed by atoms with Crippen LogP contribution in [0, 0.1) is 0 Å². The summed E-state index contributed by atoms with van der Waals surface area (Å²) in [6.45, 7) is 1.68. The molecule has 38 heavy (non-hydrogen) atoms. The van der Waals surface area contributed by atoms with Gasteiger partial charge in [0.1, 0.15) is 11.5 Å². The number of carbonyl (C=O) groups is 1. The van der Waals surface area contributed by atoms with Crippen LogP contribution in [0.15, 0.2) is 54.7 Å². The number of nitrogens with two attached hydrogens (primary N) is 1. The van der Waals surface area contributed by atoms with Crippen molar-refractivity contribution in [1.82, 2.24) is 24.6 Å². The van der Waals surface area contributed by atoms with Crippen molar-refractivity contribution in [2.75, 3.05) is 25.5 Å². The zero-order chi connectivity index (χ0) is 27.0. The van der Waals surface area contributed by atoms with E-state index in [4.69, 9.17) is 5.73 Å². The van der Waals surface area contributed by atoms with E-state index in [2.05, 4.69) is 31.5 Å². The lowest BCUT2D eigenvalue weighted by molar-refractivity contribution is -0.137. The quantitative estimate of drug-likeness (QED) is 0.388. The van der Waals surface area contributed by atoms with Gasteiger partial charge in [0.05, 0.1) is 11.3 Å². The van der Waals surface area contributed by atoms with Gasteiger partial charge in [0.15, 0.2) is 0 Å². The van der Waals surface area contributed by atoms with Gasteiger partial charge in [-0.15, -0.1) is 10.2 Å². The van der Waals surface area contributed by atoms with Gasteiger partial charge >= 0.3 is 6.18 Å². The zero-order valence-electron chi connectivity index (χ0n) is 20.9. The number of benzene rings is 1. The molecule has 4 heterocycles. The summed E-state index contributed by atoms with van der Waals surface area (Å²) in [4.78, 5) is 18.1. The highest BCUT2D eigenvalue weighted by atomic mass is 19.4. The van der Waals surface area contributed by atoms with Gasteiger partial charge in [0.25, 0.3) is 0 Å². The van der Waals surface area contributed by atoms with Gasteiger partial charge in [-0.2, -0.15) is 13.2 Å². The standard InChI is InChI=1S/C27H26F3N7O/c1-32-24-6-5-23(34-35-24)20-7-10-33-26-21(20)14-18(36(26)2)15-37-11-8-16(9-12-37)19-4-3-17(25(31)38)13-22(19)27(28,29)30/h3-8,10,13-14H,9,11-12,15H2,1-2H3,(H2,31,38)(H,32,35). The number of primary amides is 1. The molecule has 0 radical (unpaired) electrons. The maximum Gasteiger partial charge on any atom is 0.417 e. The van der Waals surface area contributed by atoms with E-state index < -0.39 is 17.6 Å². The second-order valence-electron chi connectivity index (χ2n) is 9.18. The molecule has 4 aromatic rings. The summed E-state index contributed by atoms with van der Waals surface area (Å²) in [7, 11) is 3.73. The van der Waals surface area contributed by atoms with Crippen molar-refractivity contribution in [3.05, 3.63) is 77.1 Å². The zero-order valence-corrected chi connectivity index (χ0v) is 20.9. The predicted octanol–water partition coefficient (Wildman–Crippen LogP) is 4.48. The smallest absolute Gasteiger partial charge is 0.372 e. The van der Waals surface area contributed by atoms with E-state index in [1.165, 1.54) is 12.1 Å². The summed E-state index contributed by atoms with van der Waals surface area (Å²) >= 11 is 0. The lowest BCUT2D eigenvalue weighted by atomic mass is 9.93. The molecule has 1 aliphatic heterocycles. The molecule has 196 valence electrons. The third kappa shape index (κ3) is 4.84. The van der Waals surface area contributed by atoms with Gasteiger partial charge in [-0.1, -0.05) is 12.1 Å². The minimum Gasteiger partial charge on any atom is -0.372 e. The van der Waals surface area contributed by atoms with E-state index in [-0.39, 0.29) is 11.1 Å². The van der Waals surface area contributed by atoms with Crippen LogP contribution >= 0.6 is 0 Å². The van der Waals surface area contributed by atoms with Crippen molar-refractivity contribution in [2.45, 2.75) is 19.1 Å². The second kappa shape index (κ2) is 9.90.